The van der Waals surface area contributed by atoms with Crippen LogP contribution in [0, 0.1) is 6.92 Å². The summed E-state index contributed by atoms with van der Waals surface area (Å²) in [6.07, 6.45) is 0. The molecule has 0 spiro atoms. The molecule has 0 unspecified atom stereocenters. The summed E-state index contributed by atoms with van der Waals surface area (Å²) in [4.78, 5) is 13.5. The summed E-state index contributed by atoms with van der Waals surface area (Å²) in [6, 6.07) is 14.2. The second-order valence-electron chi connectivity index (χ2n) is 6.49. The maximum atomic E-state index is 12.2. The molecule has 7 nitrogen and oxygen atoms in total. The van der Waals surface area contributed by atoms with Gasteiger partial charge in [0.25, 0.3) is 0 Å². The molecule has 4 rings (SSSR count). The fourth-order valence-electron chi connectivity index (χ4n) is 2.97. The highest BCUT2D eigenvalue weighted by Gasteiger charge is 2.12. The van der Waals surface area contributed by atoms with Gasteiger partial charge in [0.2, 0.25) is 11.7 Å². The van der Waals surface area contributed by atoms with E-state index in [-0.39, 0.29) is 12.5 Å². The Morgan fingerprint density at radius 1 is 1.15 bits per heavy atom. The Bertz CT molecular complexity index is 931. The molecule has 0 aliphatic carbocycles. The quantitative estimate of drug-likeness (QED) is 0.731. The van der Waals surface area contributed by atoms with Gasteiger partial charge in [0.05, 0.1) is 0 Å². The first-order valence-corrected chi connectivity index (χ1v) is 8.60. The average Bonchev–Trinajstić information content (AvgIpc) is 3.29. The van der Waals surface area contributed by atoms with Gasteiger partial charge in [0.1, 0.15) is 6.54 Å². The van der Waals surface area contributed by atoms with Gasteiger partial charge in [-0.25, -0.2) is 0 Å². The lowest BCUT2D eigenvalue weighted by Gasteiger charge is -2.06. The van der Waals surface area contributed by atoms with Crippen LogP contribution in [-0.2, 0) is 31.0 Å². The summed E-state index contributed by atoms with van der Waals surface area (Å²) < 4.78 is 0. The molecule has 2 aromatic carbocycles. The number of amides is 1. The zero-order valence-corrected chi connectivity index (χ0v) is 14.6. The molecule has 1 aliphatic heterocycles. The topological polar surface area (TPSA) is 84.7 Å². The first-order chi connectivity index (χ1) is 12.7. The molecular formula is C19H20N6O. The fourth-order valence-corrected chi connectivity index (χ4v) is 2.97. The maximum absolute atomic E-state index is 12.2. The summed E-state index contributed by atoms with van der Waals surface area (Å²) in [5.41, 5.74) is 5.78. The molecule has 7 heteroatoms. The van der Waals surface area contributed by atoms with Crippen molar-refractivity contribution in [2.75, 3.05) is 0 Å². The summed E-state index contributed by atoms with van der Waals surface area (Å²) in [6.45, 7) is 4.37. The Morgan fingerprint density at radius 2 is 1.96 bits per heavy atom. The summed E-state index contributed by atoms with van der Waals surface area (Å²) >= 11 is 0. The van der Waals surface area contributed by atoms with E-state index in [1.165, 1.54) is 21.5 Å². The minimum absolute atomic E-state index is 0.0470. The Morgan fingerprint density at radius 3 is 2.81 bits per heavy atom. The van der Waals surface area contributed by atoms with Crippen LogP contribution in [0.4, 0.5) is 0 Å². The lowest BCUT2D eigenvalue weighted by atomic mass is 10.1. The Labute approximate surface area is 151 Å². The van der Waals surface area contributed by atoms with Crippen LogP contribution in [0.15, 0.2) is 42.5 Å². The number of nitrogens with one attached hydrogen (secondary N) is 2. The van der Waals surface area contributed by atoms with Crippen molar-refractivity contribution >= 4 is 5.91 Å². The van der Waals surface area contributed by atoms with Gasteiger partial charge in [-0.1, -0.05) is 48.0 Å². The van der Waals surface area contributed by atoms with E-state index in [1.807, 2.05) is 31.2 Å². The molecule has 26 heavy (non-hydrogen) atoms. The number of carbonyl (C=O) groups excluding carboxylic acids is 1. The number of aromatic nitrogens is 4. The summed E-state index contributed by atoms with van der Waals surface area (Å²) in [5.74, 6) is 0.375. The van der Waals surface area contributed by atoms with Gasteiger partial charge >= 0.3 is 0 Å². The molecule has 1 amide bonds. The van der Waals surface area contributed by atoms with Gasteiger partial charge in [0.15, 0.2) is 0 Å². The minimum Gasteiger partial charge on any atom is -0.350 e. The second kappa shape index (κ2) is 7.05. The first-order valence-electron chi connectivity index (χ1n) is 8.60. The molecule has 1 aromatic heterocycles. The molecule has 2 heterocycles. The van der Waals surface area contributed by atoms with Crippen LogP contribution in [0.3, 0.4) is 0 Å². The average molecular weight is 348 g/mol. The van der Waals surface area contributed by atoms with Crippen LogP contribution in [0.1, 0.15) is 22.3 Å². The Kier molecular flexibility index (Phi) is 4.45. The Balaban J connectivity index is 1.34. The van der Waals surface area contributed by atoms with E-state index in [1.54, 1.807) is 0 Å². The number of rotatable bonds is 5. The smallest absolute Gasteiger partial charge is 0.243 e. The lowest BCUT2D eigenvalue weighted by Crippen LogP contribution is -2.28. The van der Waals surface area contributed by atoms with Gasteiger partial charge in [-0.05, 0) is 28.8 Å². The molecule has 0 bridgehead atoms. The largest absolute Gasteiger partial charge is 0.350 e. The normalized spacial score (nSPS) is 12.8. The van der Waals surface area contributed by atoms with Crippen LogP contribution < -0.4 is 10.6 Å². The SMILES string of the molecule is Cc1ccc(-c2nnn(CC(=O)NCc3ccc4c(c3)CNC4)n2)cc1. The standard InChI is InChI=1S/C19H20N6O/c1-13-2-5-15(6-3-13)19-22-24-25(23-19)12-18(26)21-9-14-4-7-16-10-20-11-17(16)8-14/h2-8,20H,9-12H2,1H3,(H,21,26). The molecule has 2 N–H and O–H groups in total. The monoisotopic (exact) mass is 348 g/mol. The van der Waals surface area contributed by atoms with E-state index in [0.717, 1.165) is 24.2 Å². The van der Waals surface area contributed by atoms with Crippen molar-refractivity contribution in [3.05, 3.63) is 64.7 Å². The van der Waals surface area contributed by atoms with Crippen LogP contribution in [0.2, 0.25) is 0 Å². The van der Waals surface area contributed by atoms with Crippen LogP contribution in [-0.4, -0.2) is 26.1 Å². The zero-order valence-electron chi connectivity index (χ0n) is 14.6. The molecule has 0 atom stereocenters. The van der Waals surface area contributed by atoms with Gasteiger partial charge in [-0.2, -0.15) is 4.80 Å². The van der Waals surface area contributed by atoms with Gasteiger partial charge in [-0.15, -0.1) is 10.2 Å². The van der Waals surface area contributed by atoms with Gasteiger partial charge in [0, 0.05) is 25.2 Å². The van der Waals surface area contributed by atoms with Crippen molar-refractivity contribution < 1.29 is 4.79 Å². The van der Waals surface area contributed by atoms with Crippen molar-refractivity contribution in [2.45, 2.75) is 33.1 Å². The third-order valence-corrected chi connectivity index (χ3v) is 4.44. The fraction of sp³-hybridized carbons (Fsp3) is 0.263. The van der Waals surface area contributed by atoms with E-state index in [0.29, 0.717) is 12.4 Å². The third kappa shape index (κ3) is 3.62. The molecule has 3 aromatic rings. The zero-order chi connectivity index (χ0) is 17.9. The van der Waals surface area contributed by atoms with E-state index >= 15 is 0 Å². The van der Waals surface area contributed by atoms with E-state index in [9.17, 15) is 4.79 Å². The number of fused-ring (bicyclic) bond motifs is 1. The molecular weight excluding hydrogens is 328 g/mol. The summed E-state index contributed by atoms with van der Waals surface area (Å²) in [5, 5.41) is 18.5. The Hall–Kier alpha value is -3.06. The first kappa shape index (κ1) is 16.4. The number of hydrogen-bond acceptors (Lipinski definition) is 5. The van der Waals surface area contributed by atoms with Crippen LogP contribution >= 0.6 is 0 Å². The molecule has 1 aliphatic rings. The predicted molar refractivity (Wildman–Crippen MR) is 96.8 cm³/mol. The second-order valence-corrected chi connectivity index (χ2v) is 6.49. The number of nitrogens with zero attached hydrogens (tertiary/aromatic N) is 4. The van der Waals surface area contributed by atoms with Crippen molar-refractivity contribution in [2.24, 2.45) is 0 Å². The minimum atomic E-state index is -0.142. The van der Waals surface area contributed by atoms with Gasteiger partial charge < -0.3 is 10.6 Å². The molecule has 0 radical (unpaired) electrons. The van der Waals surface area contributed by atoms with Crippen molar-refractivity contribution in [3.63, 3.8) is 0 Å². The third-order valence-electron chi connectivity index (χ3n) is 4.44. The van der Waals surface area contributed by atoms with Crippen molar-refractivity contribution in [1.29, 1.82) is 0 Å². The van der Waals surface area contributed by atoms with E-state index < -0.39 is 0 Å². The molecule has 0 saturated heterocycles. The molecule has 0 saturated carbocycles. The number of carbonyl (C=O) groups is 1. The highest BCUT2D eigenvalue weighted by atomic mass is 16.2. The maximum Gasteiger partial charge on any atom is 0.243 e. The number of hydrogen-bond donors (Lipinski definition) is 2. The number of aryl methyl sites for hydroxylation is 1. The molecule has 132 valence electrons. The highest BCUT2D eigenvalue weighted by Crippen LogP contribution is 2.17. The van der Waals surface area contributed by atoms with Crippen molar-refractivity contribution in [3.8, 4) is 11.4 Å². The van der Waals surface area contributed by atoms with Gasteiger partial charge in [-0.3, -0.25) is 4.79 Å². The predicted octanol–water partition coefficient (Wildman–Crippen LogP) is 1.57. The summed E-state index contributed by atoms with van der Waals surface area (Å²) in [7, 11) is 0. The number of tetrazole rings is 1. The lowest BCUT2D eigenvalue weighted by molar-refractivity contribution is -0.122. The van der Waals surface area contributed by atoms with Crippen LogP contribution in [0.25, 0.3) is 11.4 Å². The highest BCUT2D eigenvalue weighted by molar-refractivity contribution is 5.75. The van der Waals surface area contributed by atoms with Crippen molar-refractivity contribution in [1.82, 2.24) is 30.8 Å². The number of benzene rings is 2. The van der Waals surface area contributed by atoms with E-state index in [4.69, 9.17) is 0 Å². The van der Waals surface area contributed by atoms with E-state index in [2.05, 4.69) is 44.2 Å². The van der Waals surface area contributed by atoms with Crippen LogP contribution in [0.5, 0.6) is 0 Å². The molecule has 0 fully saturated rings.